The summed E-state index contributed by atoms with van der Waals surface area (Å²) in [7, 11) is -3.46. The molecular weight excluding hydrogens is 380 g/mol. The van der Waals surface area contributed by atoms with Gasteiger partial charge in [0.1, 0.15) is 4.21 Å². The molecule has 3 rings (SSSR count). The molecule has 0 spiro atoms. The maximum atomic E-state index is 12.7. The number of sulfonamides is 1. The van der Waals surface area contributed by atoms with Crippen molar-refractivity contribution in [3.63, 3.8) is 0 Å². The van der Waals surface area contributed by atoms with Gasteiger partial charge in [-0.2, -0.15) is 4.31 Å². The molecule has 0 bridgehead atoms. The van der Waals surface area contributed by atoms with E-state index in [1.54, 1.807) is 12.1 Å². The topological polar surface area (TPSA) is 57.7 Å². The van der Waals surface area contributed by atoms with E-state index in [-0.39, 0.29) is 17.7 Å². The van der Waals surface area contributed by atoms with E-state index >= 15 is 0 Å². The molecule has 8 heteroatoms. The largest absolute Gasteiger partial charge is 0.342 e. The van der Waals surface area contributed by atoms with Gasteiger partial charge in [0.15, 0.2) is 0 Å². The first-order valence-corrected chi connectivity index (χ1v) is 11.6. The van der Waals surface area contributed by atoms with Crippen LogP contribution in [0.5, 0.6) is 0 Å². The molecule has 0 aliphatic carbocycles. The van der Waals surface area contributed by atoms with Crippen molar-refractivity contribution < 1.29 is 13.2 Å². The normalized spacial score (nSPS) is 22.1. The van der Waals surface area contributed by atoms with Gasteiger partial charge in [0.2, 0.25) is 5.91 Å². The summed E-state index contributed by atoms with van der Waals surface area (Å²) in [6.07, 6.45) is 4.87. The Kier molecular flexibility index (Phi) is 6.08. The van der Waals surface area contributed by atoms with Crippen LogP contribution >= 0.6 is 22.9 Å². The van der Waals surface area contributed by atoms with Crippen molar-refractivity contribution in [2.45, 2.75) is 43.2 Å². The molecule has 2 fully saturated rings. The third-order valence-corrected chi connectivity index (χ3v) is 9.00. The van der Waals surface area contributed by atoms with Crippen molar-refractivity contribution in [1.29, 1.82) is 0 Å². The first kappa shape index (κ1) is 19.1. The summed E-state index contributed by atoms with van der Waals surface area (Å²) in [5, 5.41) is 0. The Labute approximate surface area is 159 Å². The number of likely N-dealkylation sites (tertiary alicyclic amines) is 1. The van der Waals surface area contributed by atoms with Crippen molar-refractivity contribution >= 4 is 38.9 Å². The second-order valence-electron chi connectivity index (χ2n) is 6.97. The van der Waals surface area contributed by atoms with Crippen LogP contribution in [0.1, 0.15) is 39.0 Å². The first-order chi connectivity index (χ1) is 11.9. The molecule has 0 radical (unpaired) electrons. The molecule has 2 aliphatic heterocycles. The lowest BCUT2D eigenvalue weighted by atomic mass is 9.85. The predicted molar refractivity (Wildman–Crippen MR) is 100 cm³/mol. The molecule has 140 valence electrons. The highest BCUT2D eigenvalue weighted by Gasteiger charge is 2.35. The van der Waals surface area contributed by atoms with Gasteiger partial charge in [0.05, 0.1) is 4.34 Å². The average Bonchev–Trinajstić information content (AvgIpc) is 3.08. The van der Waals surface area contributed by atoms with E-state index in [0.717, 1.165) is 50.1 Å². The number of carbonyl (C=O) groups is 1. The summed E-state index contributed by atoms with van der Waals surface area (Å²) in [6.45, 7) is 4.69. The minimum Gasteiger partial charge on any atom is -0.342 e. The third-order valence-electron chi connectivity index (χ3n) is 5.41. The fraction of sp³-hybridized carbons (Fsp3) is 0.706. The Morgan fingerprint density at radius 2 is 1.80 bits per heavy atom. The minimum absolute atomic E-state index is 0.0286. The van der Waals surface area contributed by atoms with Gasteiger partial charge in [-0.15, -0.1) is 11.3 Å². The number of nitrogens with zero attached hydrogens (tertiary/aromatic N) is 2. The van der Waals surface area contributed by atoms with E-state index in [9.17, 15) is 13.2 Å². The van der Waals surface area contributed by atoms with Crippen molar-refractivity contribution in [2.75, 3.05) is 26.2 Å². The second kappa shape index (κ2) is 7.94. The SMILES string of the molecule is CC(C(=O)N1CCCCC1)C1CCN(S(=O)(=O)c2ccc(Cl)s2)CC1. The lowest BCUT2D eigenvalue weighted by Crippen LogP contribution is -2.44. The lowest BCUT2D eigenvalue weighted by Gasteiger charge is -2.36. The molecule has 2 aliphatic rings. The quantitative estimate of drug-likeness (QED) is 0.772. The molecule has 3 heterocycles. The Balaban J connectivity index is 1.58. The number of rotatable bonds is 4. The molecule has 1 aromatic heterocycles. The van der Waals surface area contributed by atoms with Crippen LogP contribution < -0.4 is 0 Å². The summed E-state index contributed by atoms with van der Waals surface area (Å²) in [5.41, 5.74) is 0. The fourth-order valence-corrected chi connectivity index (χ4v) is 6.89. The molecular formula is C17H25ClN2O3S2. The van der Waals surface area contributed by atoms with Crippen molar-refractivity contribution in [3.05, 3.63) is 16.5 Å². The van der Waals surface area contributed by atoms with Gasteiger partial charge in [-0.05, 0) is 50.2 Å². The van der Waals surface area contributed by atoms with Crippen LogP contribution in [0.3, 0.4) is 0 Å². The Morgan fingerprint density at radius 3 is 2.36 bits per heavy atom. The zero-order valence-corrected chi connectivity index (χ0v) is 16.9. The minimum atomic E-state index is -3.46. The van der Waals surface area contributed by atoms with Crippen molar-refractivity contribution in [1.82, 2.24) is 9.21 Å². The molecule has 1 atom stereocenters. The molecule has 1 unspecified atom stereocenters. The van der Waals surface area contributed by atoms with E-state index in [1.165, 1.54) is 10.7 Å². The van der Waals surface area contributed by atoms with Gasteiger partial charge in [0, 0.05) is 32.1 Å². The highest BCUT2D eigenvalue weighted by Crippen LogP contribution is 2.33. The van der Waals surface area contributed by atoms with Crippen molar-refractivity contribution in [3.8, 4) is 0 Å². The molecule has 5 nitrogen and oxygen atoms in total. The third kappa shape index (κ3) is 4.21. The van der Waals surface area contributed by atoms with Crippen LogP contribution in [-0.4, -0.2) is 49.7 Å². The molecule has 2 saturated heterocycles. The average molecular weight is 405 g/mol. The maximum Gasteiger partial charge on any atom is 0.252 e. The molecule has 0 N–H and O–H groups in total. The standard InChI is InChI=1S/C17H25ClN2O3S2/c1-13(17(21)19-9-3-2-4-10-19)14-7-11-20(12-8-14)25(22,23)16-6-5-15(18)24-16/h5-6,13-14H,2-4,7-12H2,1H3. The van der Waals surface area contributed by atoms with Gasteiger partial charge >= 0.3 is 0 Å². The zero-order valence-electron chi connectivity index (χ0n) is 14.5. The fourth-order valence-electron chi connectivity index (χ4n) is 3.78. The number of amides is 1. The molecule has 0 saturated carbocycles. The molecule has 25 heavy (non-hydrogen) atoms. The summed E-state index contributed by atoms with van der Waals surface area (Å²) < 4.78 is 27.6. The number of hydrogen-bond donors (Lipinski definition) is 0. The van der Waals surface area contributed by atoms with E-state index in [1.807, 2.05) is 11.8 Å². The number of carbonyl (C=O) groups excluding carboxylic acids is 1. The van der Waals surface area contributed by atoms with E-state index in [2.05, 4.69) is 0 Å². The highest BCUT2D eigenvalue weighted by atomic mass is 35.5. The Bertz CT molecular complexity index is 705. The van der Waals surface area contributed by atoms with E-state index in [0.29, 0.717) is 21.6 Å². The van der Waals surface area contributed by atoms with Crippen LogP contribution in [-0.2, 0) is 14.8 Å². The van der Waals surface area contributed by atoms with E-state index < -0.39 is 10.0 Å². The maximum absolute atomic E-state index is 12.7. The highest BCUT2D eigenvalue weighted by molar-refractivity contribution is 7.91. The van der Waals surface area contributed by atoms with Gasteiger partial charge in [-0.3, -0.25) is 4.79 Å². The summed E-state index contributed by atoms with van der Waals surface area (Å²) in [4.78, 5) is 14.7. The van der Waals surface area contributed by atoms with Gasteiger partial charge in [-0.1, -0.05) is 18.5 Å². The van der Waals surface area contributed by atoms with Gasteiger partial charge < -0.3 is 4.90 Å². The number of piperidine rings is 2. The van der Waals surface area contributed by atoms with E-state index in [4.69, 9.17) is 11.6 Å². The van der Waals surface area contributed by atoms with Gasteiger partial charge in [0.25, 0.3) is 10.0 Å². The summed E-state index contributed by atoms with van der Waals surface area (Å²) in [6, 6.07) is 3.18. The van der Waals surface area contributed by atoms with Crippen LogP contribution in [0.25, 0.3) is 0 Å². The molecule has 1 aromatic rings. The Hall–Kier alpha value is -0.630. The first-order valence-electron chi connectivity index (χ1n) is 8.94. The number of thiophene rings is 1. The number of halogens is 1. The van der Waals surface area contributed by atoms with Gasteiger partial charge in [-0.25, -0.2) is 8.42 Å². The second-order valence-corrected chi connectivity index (χ2v) is 10.9. The summed E-state index contributed by atoms with van der Waals surface area (Å²) >= 11 is 6.97. The Morgan fingerprint density at radius 1 is 1.16 bits per heavy atom. The lowest BCUT2D eigenvalue weighted by molar-refractivity contribution is -0.138. The zero-order chi connectivity index (χ0) is 18.0. The van der Waals surface area contributed by atoms with Crippen LogP contribution in [0, 0.1) is 11.8 Å². The van der Waals surface area contributed by atoms with Crippen LogP contribution in [0.2, 0.25) is 4.34 Å². The summed E-state index contributed by atoms with van der Waals surface area (Å²) in [5.74, 6) is 0.470. The smallest absolute Gasteiger partial charge is 0.252 e. The number of hydrogen-bond acceptors (Lipinski definition) is 4. The molecule has 0 aromatic carbocycles. The van der Waals surface area contributed by atoms with Crippen LogP contribution in [0.4, 0.5) is 0 Å². The van der Waals surface area contributed by atoms with Crippen molar-refractivity contribution in [2.24, 2.45) is 11.8 Å². The predicted octanol–water partition coefficient (Wildman–Crippen LogP) is 3.45. The monoisotopic (exact) mass is 404 g/mol. The van der Waals surface area contributed by atoms with Crippen LogP contribution in [0.15, 0.2) is 16.3 Å². The molecule has 1 amide bonds.